The minimum atomic E-state index is -4.32. The van der Waals surface area contributed by atoms with Gasteiger partial charge in [-0.3, -0.25) is 14.5 Å². The van der Waals surface area contributed by atoms with Gasteiger partial charge in [0.15, 0.2) is 0 Å². The van der Waals surface area contributed by atoms with E-state index in [0.717, 1.165) is 24.3 Å². The van der Waals surface area contributed by atoms with Crippen molar-refractivity contribution in [2.24, 2.45) is 5.92 Å². The molecule has 0 saturated carbocycles. The molecule has 2 atom stereocenters. The van der Waals surface area contributed by atoms with Crippen LogP contribution < -0.4 is 20.4 Å². The molecule has 2 aliphatic rings. The molecule has 0 radical (unpaired) electrons. The molecule has 2 amide bonds. The molecule has 0 bridgehead atoms. The van der Waals surface area contributed by atoms with Crippen molar-refractivity contribution < 1.29 is 31.9 Å². The number of allylic oxidation sites excluding steroid dienone is 1. The second kappa shape index (κ2) is 9.50. The Hall–Kier alpha value is -4.11. The van der Waals surface area contributed by atoms with Gasteiger partial charge in [0, 0.05) is 35.4 Å². The Morgan fingerprint density at radius 2 is 1.94 bits per heavy atom. The molecule has 2 N–H and O–H groups in total. The van der Waals surface area contributed by atoms with Gasteiger partial charge in [0.2, 0.25) is 5.91 Å². The summed E-state index contributed by atoms with van der Waals surface area (Å²) in [6, 6.07) is 9.59. The highest BCUT2D eigenvalue weighted by molar-refractivity contribution is 6.05. The van der Waals surface area contributed by atoms with E-state index in [1.807, 2.05) is 6.07 Å². The summed E-state index contributed by atoms with van der Waals surface area (Å²) >= 11 is 0. The normalized spacial score (nSPS) is 19.6. The maximum absolute atomic E-state index is 13.7. The van der Waals surface area contributed by atoms with Crippen molar-refractivity contribution in [3.63, 3.8) is 0 Å². The summed E-state index contributed by atoms with van der Waals surface area (Å²) in [4.78, 5) is 27.8. The third-order valence-corrected chi connectivity index (χ3v) is 6.04. The number of nitriles is 1. The van der Waals surface area contributed by atoms with Crippen LogP contribution in [0.1, 0.15) is 18.1 Å². The zero-order valence-electron chi connectivity index (χ0n) is 19.1. The molecular formula is C24H21F4N5O3. The number of carbonyl (C=O) groups excluding carboxylic acids is 2. The number of nitrogens with zero attached hydrogens (tertiary/aromatic N) is 3. The number of benzene rings is 2. The fourth-order valence-electron chi connectivity index (χ4n) is 4.22. The number of ether oxygens (including phenoxy) is 1. The topological polar surface area (TPSA) is 97.7 Å². The van der Waals surface area contributed by atoms with Crippen LogP contribution in [0.5, 0.6) is 5.75 Å². The van der Waals surface area contributed by atoms with E-state index in [1.54, 1.807) is 19.2 Å². The van der Waals surface area contributed by atoms with Gasteiger partial charge in [-0.2, -0.15) is 14.0 Å². The van der Waals surface area contributed by atoms with E-state index in [4.69, 9.17) is 4.74 Å². The molecule has 4 rings (SSSR count). The van der Waals surface area contributed by atoms with Crippen LogP contribution in [0.3, 0.4) is 0 Å². The Kier molecular flexibility index (Phi) is 6.60. The predicted octanol–water partition coefficient (Wildman–Crippen LogP) is 3.58. The third-order valence-electron chi connectivity index (χ3n) is 6.04. The number of rotatable bonds is 6. The summed E-state index contributed by atoms with van der Waals surface area (Å²) in [5.74, 6) is -5.78. The molecule has 12 heteroatoms. The van der Waals surface area contributed by atoms with Crippen LogP contribution in [0.4, 0.5) is 28.9 Å². The molecule has 2 heterocycles. The summed E-state index contributed by atoms with van der Waals surface area (Å²) in [5.41, 5.74) is 3.32. The van der Waals surface area contributed by atoms with Crippen molar-refractivity contribution in [3.8, 4) is 11.8 Å². The van der Waals surface area contributed by atoms with Gasteiger partial charge in [0.1, 0.15) is 17.9 Å². The average Bonchev–Trinajstić information content (AvgIpc) is 3.28. The maximum atomic E-state index is 13.7. The number of hydrogen-bond acceptors (Lipinski definition) is 6. The van der Waals surface area contributed by atoms with Crippen molar-refractivity contribution >= 4 is 23.2 Å². The highest BCUT2D eigenvalue weighted by Gasteiger charge is 2.48. The van der Waals surface area contributed by atoms with Crippen LogP contribution in [0.25, 0.3) is 0 Å². The second-order valence-corrected chi connectivity index (χ2v) is 8.25. The number of fused-ring (bicyclic) bond motifs is 1. The molecule has 36 heavy (non-hydrogen) atoms. The quantitative estimate of drug-likeness (QED) is 0.585. The van der Waals surface area contributed by atoms with Crippen LogP contribution >= 0.6 is 0 Å². The molecule has 2 aromatic carbocycles. The van der Waals surface area contributed by atoms with Crippen LogP contribution in [0, 0.1) is 17.2 Å². The zero-order chi connectivity index (χ0) is 26.2. The molecule has 0 spiro atoms. The van der Waals surface area contributed by atoms with Crippen LogP contribution in [0.2, 0.25) is 0 Å². The first-order valence-corrected chi connectivity index (χ1v) is 10.8. The monoisotopic (exact) mass is 503 g/mol. The standard InChI is InChI=1S/C24H21F4N5O3/c1-13-12-32-20(22(35)33(13)17-6-3-15(4-7-17)24(27,28)23(25)26)18(11-30-32)21(34)31-16-5-8-19(36-2)14(9-16)10-29/h3-9,12,18,20,23,30H,11H2,1-2H3,(H,31,34). The van der Waals surface area contributed by atoms with E-state index < -0.39 is 41.7 Å². The van der Waals surface area contributed by atoms with Crippen LogP contribution in [-0.2, 0) is 15.5 Å². The maximum Gasteiger partial charge on any atom is 0.332 e. The van der Waals surface area contributed by atoms with E-state index in [2.05, 4.69) is 10.7 Å². The number of nitrogens with one attached hydrogen (secondary N) is 2. The first-order chi connectivity index (χ1) is 17.1. The lowest BCUT2D eigenvalue weighted by Crippen LogP contribution is -2.53. The first-order valence-electron chi connectivity index (χ1n) is 10.8. The Balaban J connectivity index is 1.56. The van der Waals surface area contributed by atoms with Crippen LogP contribution in [-0.4, -0.2) is 42.9 Å². The number of halogens is 4. The number of alkyl halides is 4. The number of methoxy groups -OCH3 is 1. The molecule has 0 aliphatic carbocycles. The van der Waals surface area contributed by atoms with E-state index >= 15 is 0 Å². The van der Waals surface area contributed by atoms with E-state index in [-0.39, 0.29) is 17.8 Å². The molecule has 2 unspecified atom stereocenters. The fourth-order valence-corrected chi connectivity index (χ4v) is 4.22. The molecule has 8 nitrogen and oxygen atoms in total. The highest BCUT2D eigenvalue weighted by Crippen LogP contribution is 2.37. The second-order valence-electron chi connectivity index (χ2n) is 8.25. The van der Waals surface area contributed by atoms with Gasteiger partial charge in [-0.05, 0) is 37.3 Å². The molecule has 2 aromatic rings. The van der Waals surface area contributed by atoms with Gasteiger partial charge < -0.3 is 15.1 Å². The van der Waals surface area contributed by atoms with Crippen molar-refractivity contribution in [2.75, 3.05) is 23.9 Å². The highest BCUT2D eigenvalue weighted by atomic mass is 19.3. The van der Waals surface area contributed by atoms with Gasteiger partial charge in [-0.1, -0.05) is 12.1 Å². The Morgan fingerprint density at radius 1 is 1.25 bits per heavy atom. The zero-order valence-corrected chi connectivity index (χ0v) is 19.1. The summed E-state index contributed by atoms with van der Waals surface area (Å²) in [6.45, 7) is 1.76. The number of anilines is 2. The summed E-state index contributed by atoms with van der Waals surface area (Å²) < 4.78 is 57.8. The molecule has 1 saturated heterocycles. The number of amides is 2. The van der Waals surface area contributed by atoms with E-state index in [9.17, 15) is 32.4 Å². The van der Waals surface area contributed by atoms with E-state index in [0.29, 0.717) is 17.1 Å². The molecule has 2 aliphatic heterocycles. The van der Waals surface area contributed by atoms with Crippen molar-refractivity contribution in [3.05, 3.63) is 65.5 Å². The molecule has 0 aromatic heterocycles. The lowest BCUT2D eigenvalue weighted by Gasteiger charge is -2.36. The smallest absolute Gasteiger partial charge is 0.332 e. The molecular weight excluding hydrogens is 482 g/mol. The third kappa shape index (κ3) is 4.33. The van der Waals surface area contributed by atoms with Crippen molar-refractivity contribution in [1.82, 2.24) is 10.4 Å². The van der Waals surface area contributed by atoms with Gasteiger partial charge >= 0.3 is 12.3 Å². The minimum Gasteiger partial charge on any atom is -0.495 e. The number of hydrazine groups is 1. The fraction of sp³-hybridized carbons (Fsp3) is 0.292. The Bertz CT molecular complexity index is 1260. The first kappa shape index (κ1) is 25.0. The lowest BCUT2D eigenvalue weighted by molar-refractivity contribution is -0.135. The van der Waals surface area contributed by atoms with E-state index in [1.165, 1.54) is 29.2 Å². The Labute approximate surface area is 203 Å². The van der Waals surface area contributed by atoms with Gasteiger partial charge in [0.25, 0.3) is 5.91 Å². The molecule has 1 fully saturated rings. The summed E-state index contributed by atoms with van der Waals surface area (Å²) in [5, 5.41) is 13.5. The summed E-state index contributed by atoms with van der Waals surface area (Å²) in [7, 11) is 1.42. The van der Waals surface area contributed by atoms with Gasteiger partial charge in [-0.25, -0.2) is 14.2 Å². The predicted molar refractivity (Wildman–Crippen MR) is 121 cm³/mol. The van der Waals surface area contributed by atoms with Gasteiger partial charge in [0.05, 0.1) is 18.6 Å². The summed E-state index contributed by atoms with van der Waals surface area (Å²) in [6.07, 6.45) is -2.27. The number of carbonyl (C=O) groups is 2. The lowest BCUT2D eigenvalue weighted by atomic mass is 9.96. The van der Waals surface area contributed by atoms with Crippen molar-refractivity contribution in [1.29, 1.82) is 5.26 Å². The van der Waals surface area contributed by atoms with Gasteiger partial charge in [-0.15, -0.1) is 0 Å². The van der Waals surface area contributed by atoms with Crippen LogP contribution in [0.15, 0.2) is 54.4 Å². The average molecular weight is 503 g/mol. The minimum absolute atomic E-state index is 0.140. The van der Waals surface area contributed by atoms with Crippen molar-refractivity contribution in [2.45, 2.75) is 25.3 Å². The molecule has 188 valence electrons. The Morgan fingerprint density at radius 3 is 2.56 bits per heavy atom. The SMILES string of the molecule is COc1ccc(NC(=O)C2CNN3C=C(C)N(c4ccc(C(F)(F)C(F)F)cc4)C(=O)C23)cc1C#N. The number of hydrogen-bond donors (Lipinski definition) is 2. The largest absolute Gasteiger partial charge is 0.495 e.